The van der Waals surface area contributed by atoms with Crippen molar-refractivity contribution < 1.29 is 14.7 Å². The molecule has 0 fully saturated rings. The van der Waals surface area contributed by atoms with Crippen LogP contribution in [0.5, 0.6) is 0 Å². The third-order valence-corrected chi connectivity index (χ3v) is 3.41. The van der Waals surface area contributed by atoms with E-state index in [1.807, 2.05) is 6.92 Å². The Morgan fingerprint density at radius 1 is 1.33 bits per heavy atom. The van der Waals surface area contributed by atoms with Crippen molar-refractivity contribution >= 4 is 17.7 Å². The van der Waals surface area contributed by atoms with E-state index in [0.717, 1.165) is 0 Å². The molecule has 0 saturated carbocycles. The van der Waals surface area contributed by atoms with E-state index in [2.05, 4.69) is 11.9 Å². The lowest BCUT2D eigenvalue weighted by molar-refractivity contribution is -0.142. The SMILES string of the molecule is C=CCN(CC)C(=O)Nc1ccc(C(C)(C)C(=O)O)cc1. The smallest absolute Gasteiger partial charge is 0.322 e. The number of nitrogens with one attached hydrogen (secondary N) is 1. The van der Waals surface area contributed by atoms with Crippen LogP contribution in [0.2, 0.25) is 0 Å². The van der Waals surface area contributed by atoms with Gasteiger partial charge >= 0.3 is 12.0 Å². The second kappa shape index (κ2) is 6.92. The first-order valence-corrected chi connectivity index (χ1v) is 6.83. The first kappa shape index (κ1) is 16.8. The number of likely N-dealkylation sites (N-methyl/N-ethyl adjacent to an activating group) is 1. The van der Waals surface area contributed by atoms with Crippen LogP contribution in [0.25, 0.3) is 0 Å². The summed E-state index contributed by atoms with van der Waals surface area (Å²) < 4.78 is 0. The Hall–Kier alpha value is -2.30. The molecule has 0 aliphatic carbocycles. The van der Waals surface area contributed by atoms with E-state index in [4.69, 9.17) is 0 Å². The van der Waals surface area contributed by atoms with Gasteiger partial charge in [-0.1, -0.05) is 18.2 Å². The van der Waals surface area contributed by atoms with E-state index in [9.17, 15) is 14.7 Å². The topological polar surface area (TPSA) is 69.6 Å². The summed E-state index contributed by atoms with van der Waals surface area (Å²) in [5, 5.41) is 12.0. The highest BCUT2D eigenvalue weighted by Crippen LogP contribution is 2.24. The highest BCUT2D eigenvalue weighted by atomic mass is 16.4. The van der Waals surface area contributed by atoms with Gasteiger partial charge in [-0.05, 0) is 38.5 Å². The van der Waals surface area contributed by atoms with Gasteiger partial charge in [-0.2, -0.15) is 0 Å². The molecule has 5 nitrogen and oxygen atoms in total. The number of benzene rings is 1. The number of carbonyl (C=O) groups excluding carboxylic acids is 1. The number of nitrogens with zero attached hydrogens (tertiary/aromatic N) is 1. The number of carbonyl (C=O) groups is 2. The minimum absolute atomic E-state index is 0.206. The molecule has 0 bridgehead atoms. The van der Waals surface area contributed by atoms with Gasteiger partial charge in [0.1, 0.15) is 0 Å². The molecule has 0 aromatic heterocycles. The number of urea groups is 1. The number of hydrogen-bond donors (Lipinski definition) is 2. The van der Waals surface area contributed by atoms with E-state index in [-0.39, 0.29) is 6.03 Å². The lowest BCUT2D eigenvalue weighted by Gasteiger charge is -2.21. The van der Waals surface area contributed by atoms with Crippen LogP contribution in [0.1, 0.15) is 26.3 Å². The van der Waals surface area contributed by atoms with Gasteiger partial charge in [-0.25, -0.2) is 4.79 Å². The van der Waals surface area contributed by atoms with Crippen LogP contribution in [0.4, 0.5) is 10.5 Å². The number of anilines is 1. The van der Waals surface area contributed by atoms with Crippen molar-refractivity contribution in [2.45, 2.75) is 26.2 Å². The molecule has 2 amide bonds. The summed E-state index contributed by atoms with van der Waals surface area (Å²) in [5.74, 6) is -0.887. The summed E-state index contributed by atoms with van der Waals surface area (Å²) in [6, 6.07) is 6.64. The third-order valence-electron chi connectivity index (χ3n) is 3.41. The van der Waals surface area contributed by atoms with Crippen LogP contribution < -0.4 is 5.32 Å². The molecule has 2 N–H and O–H groups in total. The lowest BCUT2D eigenvalue weighted by Crippen LogP contribution is -2.34. The van der Waals surface area contributed by atoms with Crippen molar-refractivity contribution in [3.05, 3.63) is 42.5 Å². The Bertz CT molecular complexity index is 521. The minimum atomic E-state index is -0.958. The van der Waals surface area contributed by atoms with Gasteiger partial charge in [0.05, 0.1) is 5.41 Å². The van der Waals surface area contributed by atoms with E-state index in [1.54, 1.807) is 49.1 Å². The van der Waals surface area contributed by atoms with Gasteiger partial charge in [0.25, 0.3) is 0 Å². The molecule has 1 aromatic rings. The molecule has 0 heterocycles. The number of carboxylic acid groups (broad SMARTS) is 1. The Labute approximate surface area is 125 Å². The Balaban J connectivity index is 2.82. The summed E-state index contributed by atoms with van der Waals surface area (Å²) in [5.41, 5.74) is 0.361. The molecule has 21 heavy (non-hydrogen) atoms. The Morgan fingerprint density at radius 2 is 1.90 bits per heavy atom. The zero-order valence-electron chi connectivity index (χ0n) is 12.7. The molecular formula is C16H22N2O3. The molecule has 0 aliphatic heterocycles. The Morgan fingerprint density at radius 3 is 2.33 bits per heavy atom. The highest BCUT2D eigenvalue weighted by Gasteiger charge is 2.29. The number of aliphatic carboxylic acids is 1. The van der Waals surface area contributed by atoms with Crippen molar-refractivity contribution in [3.8, 4) is 0 Å². The molecule has 0 unspecified atom stereocenters. The highest BCUT2D eigenvalue weighted by molar-refractivity contribution is 5.89. The minimum Gasteiger partial charge on any atom is -0.481 e. The summed E-state index contributed by atoms with van der Waals surface area (Å²) in [6.45, 7) is 9.86. The van der Waals surface area contributed by atoms with Crippen molar-refractivity contribution in [3.63, 3.8) is 0 Å². The number of carboxylic acids is 1. The molecule has 0 atom stereocenters. The van der Waals surface area contributed by atoms with Gasteiger partial charge in [-0.3, -0.25) is 4.79 Å². The normalized spacial score (nSPS) is 10.8. The van der Waals surface area contributed by atoms with Crippen molar-refractivity contribution in [2.75, 3.05) is 18.4 Å². The predicted octanol–water partition coefficient (Wildman–Crippen LogP) is 3.09. The molecule has 0 radical (unpaired) electrons. The molecule has 0 aliphatic rings. The van der Waals surface area contributed by atoms with Gasteiger partial charge in [-0.15, -0.1) is 6.58 Å². The maximum Gasteiger partial charge on any atom is 0.322 e. The zero-order valence-corrected chi connectivity index (χ0v) is 12.7. The van der Waals surface area contributed by atoms with Crippen molar-refractivity contribution in [2.24, 2.45) is 0 Å². The first-order valence-electron chi connectivity index (χ1n) is 6.83. The molecule has 0 saturated heterocycles. The van der Waals surface area contributed by atoms with E-state index in [0.29, 0.717) is 24.3 Å². The molecule has 114 valence electrons. The maximum atomic E-state index is 12.0. The summed E-state index contributed by atoms with van der Waals surface area (Å²) in [7, 11) is 0. The summed E-state index contributed by atoms with van der Waals surface area (Å²) in [6.07, 6.45) is 1.67. The van der Waals surface area contributed by atoms with Crippen LogP contribution >= 0.6 is 0 Å². The van der Waals surface area contributed by atoms with Gasteiger partial charge in [0.2, 0.25) is 0 Å². The second-order valence-corrected chi connectivity index (χ2v) is 5.26. The largest absolute Gasteiger partial charge is 0.481 e. The van der Waals surface area contributed by atoms with E-state index < -0.39 is 11.4 Å². The van der Waals surface area contributed by atoms with Gasteiger partial charge in [0.15, 0.2) is 0 Å². The van der Waals surface area contributed by atoms with Gasteiger partial charge in [0, 0.05) is 18.8 Å². The van der Waals surface area contributed by atoms with Crippen LogP contribution in [-0.2, 0) is 10.2 Å². The van der Waals surface area contributed by atoms with E-state index >= 15 is 0 Å². The van der Waals surface area contributed by atoms with Crippen molar-refractivity contribution in [1.82, 2.24) is 4.90 Å². The maximum absolute atomic E-state index is 12.0. The third kappa shape index (κ3) is 4.08. The van der Waals surface area contributed by atoms with Crippen LogP contribution in [-0.4, -0.2) is 35.1 Å². The average molecular weight is 290 g/mol. The molecule has 1 aromatic carbocycles. The fraction of sp³-hybridized carbons (Fsp3) is 0.375. The van der Waals surface area contributed by atoms with Crippen LogP contribution in [0.3, 0.4) is 0 Å². The predicted molar refractivity (Wildman–Crippen MR) is 83.6 cm³/mol. The standard InChI is InChI=1S/C16H22N2O3/c1-5-11-18(6-2)15(21)17-13-9-7-12(8-10-13)16(3,4)14(19)20/h5,7-10H,1,6,11H2,2-4H3,(H,17,21)(H,19,20). The number of amides is 2. The van der Waals surface area contributed by atoms with Crippen molar-refractivity contribution in [1.29, 1.82) is 0 Å². The van der Waals surface area contributed by atoms with Gasteiger partial charge < -0.3 is 15.3 Å². The summed E-state index contributed by atoms with van der Waals surface area (Å²) >= 11 is 0. The number of rotatable bonds is 6. The molecule has 5 heteroatoms. The molecule has 1 rings (SSSR count). The van der Waals surface area contributed by atoms with E-state index in [1.165, 1.54) is 0 Å². The fourth-order valence-corrected chi connectivity index (χ4v) is 1.81. The quantitative estimate of drug-likeness (QED) is 0.791. The molecular weight excluding hydrogens is 268 g/mol. The zero-order chi connectivity index (χ0) is 16.0. The lowest BCUT2D eigenvalue weighted by atomic mass is 9.85. The second-order valence-electron chi connectivity index (χ2n) is 5.26. The fourth-order valence-electron chi connectivity index (χ4n) is 1.81. The molecule has 0 spiro atoms. The van der Waals surface area contributed by atoms with Crippen LogP contribution in [0, 0.1) is 0 Å². The monoisotopic (exact) mass is 290 g/mol. The summed E-state index contributed by atoms with van der Waals surface area (Å²) in [4.78, 5) is 24.8. The number of hydrogen-bond acceptors (Lipinski definition) is 2. The average Bonchev–Trinajstić information content (AvgIpc) is 2.45. The van der Waals surface area contributed by atoms with Crippen LogP contribution in [0.15, 0.2) is 36.9 Å². The first-order chi connectivity index (χ1) is 9.82. The Kier molecular flexibility index (Phi) is 5.52.